The van der Waals surface area contributed by atoms with E-state index in [0.29, 0.717) is 24.2 Å². The molecule has 1 fully saturated rings. The van der Waals surface area contributed by atoms with Gasteiger partial charge < -0.3 is 19.4 Å². The number of carbonyl (C=O) groups is 1. The number of thiazole rings is 1. The molecule has 0 aliphatic carbocycles. The average molecular weight is 401 g/mol. The minimum Gasteiger partial charge on any atom is -0.484 e. The van der Waals surface area contributed by atoms with Gasteiger partial charge in [0.2, 0.25) is 5.89 Å². The lowest BCUT2D eigenvalue weighted by Gasteiger charge is -2.18. The third-order valence-electron chi connectivity index (χ3n) is 5.05. The second-order valence-corrected chi connectivity index (χ2v) is 8.33. The smallest absolute Gasteiger partial charge is 0.273 e. The van der Waals surface area contributed by atoms with Crippen LogP contribution in [0.5, 0.6) is 5.75 Å². The summed E-state index contributed by atoms with van der Waals surface area (Å²) in [5.41, 5.74) is 1.20. The van der Waals surface area contributed by atoms with Gasteiger partial charge >= 0.3 is 0 Å². The Balaban J connectivity index is 1.27. The number of oxazole rings is 1. The van der Waals surface area contributed by atoms with Crippen molar-refractivity contribution in [2.45, 2.75) is 38.8 Å². The zero-order valence-corrected chi connectivity index (χ0v) is 16.9. The maximum atomic E-state index is 12.2. The van der Waals surface area contributed by atoms with Gasteiger partial charge in [0.25, 0.3) is 5.91 Å². The Morgan fingerprint density at radius 3 is 3.14 bits per heavy atom. The second kappa shape index (κ2) is 8.28. The molecule has 148 valence electrons. The van der Waals surface area contributed by atoms with Gasteiger partial charge in [-0.15, -0.1) is 11.3 Å². The predicted octanol–water partition coefficient (Wildman–Crippen LogP) is 3.39. The van der Waals surface area contributed by atoms with E-state index in [4.69, 9.17) is 9.15 Å². The van der Waals surface area contributed by atoms with E-state index in [1.807, 2.05) is 25.1 Å². The minimum absolute atomic E-state index is 0.161. The number of aryl methyl sites for hydroxylation is 1. The first-order chi connectivity index (χ1) is 13.6. The van der Waals surface area contributed by atoms with Crippen LogP contribution < -0.4 is 10.1 Å². The van der Waals surface area contributed by atoms with Crippen LogP contribution in [-0.2, 0) is 6.61 Å². The van der Waals surface area contributed by atoms with E-state index in [1.54, 1.807) is 11.3 Å². The Kier molecular flexibility index (Phi) is 5.59. The summed E-state index contributed by atoms with van der Waals surface area (Å²) in [6, 6.07) is 6.35. The molecule has 7 nitrogen and oxygen atoms in total. The number of rotatable bonds is 7. The first-order valence-corrected chi connectivity index (χ1v) is 10.3. The lowest BCUT2D eigenvalue weighted by Crippen LogP contribution is -2.31. The summed E-state index contributed by atoms with van der Waals surface area (Å²) in [4.78, 5) is 23.3. The van der Waals surface area contributed by atoms with Crippen LogP contribution in [0.25, 0.3) is 10.2 Å². The summed E-state index contributed by atoms with van der Waals surface area (Å²) in [6.07, 6.45) is 4.76. The minimum atomic E-state index is -0.213. The van der Waals surface area contributed by atoms with Crippen LogP contribution in [0.2, 0.25) is 0 Å². The molecule has 0 saturated carbocycles. The molecular weight excluding hydrogens is 376 g/mol. The van der Waals surface area contributed by atoms with Crippen molar-refractivity contribution in [3.05, 3.63) is 41.1 Å². The van der Waals surface area contributed by atoms with Crippen LogP contribution in [0.4, 0.5) is 0 Å². The molecule has 3 heterocycles. The zero-order valence-electron chi connectivity index (χ0n) is 16.1. The first kappa shape index (κ1) is 18.9. The van der Waals surface area contributed by atoms with Crippen molar-refractivity contribution < 1.29 is 13.9 Å². The fourth-order valence-corrected chi connectivity index (χ4v) is 4.33. The number of amides is 1. The Hall–Kier alpha value is -2.45. The van der Waals surface area contributed by atoms with Crippen molar-refractivity contribution in [3.8, 4) is 5.75 Å². The third kappa shape index (κ3) is 4.34. The highest BCUT2D eigenvalue weighted by molar-refractivity contribution is 7.18. The number of ether oxygens (including phenoxy) is 1. The average Bonchev–Trinajstić information content (AvgIpc) is 3.39. The third-order valence-corrected chi connectivity index (χ3v) is 6.00. The van der Waals surface area contributed by atoms with E-state index in [-0.39, 0.29) is 18.2 Å². The monoisotopic (exact) mass is 400 g/mol. The molecule has 0 radical (unpaired) electrons. The summed E-state index contributed by atoms with van der Waals surface area (Å²) in [5, 5.41) is 3.94. The fourth-order valence-electron chi connectivity index (χ4n) is 3.53. The number of aromatic nitrogens is 2. The normalized spacial score (nSPS) is 17.3. The highest BCUT2D eigenvalue weighted by Crippen LogP contribution is 2.26. The van der Waals surface area contributed by atoms with Crippen molar-refractivity contribution in [2.75, 3.05) is 20.1 Å². The predicted molar refractivity (Wildman–Crippen MR) is 108 cm³/mol. The molecule has 28 heavy (non-hydrogen) atoms. The van der Waals surface area contributed by atoms with Gasteiger partial charge in [0.1, 0.15) is 12.0 Å². The molecule has 1 saturated heterocycles. The van der Waals surface area contributed by atoms with Gasteiger partial charge in [-0.05, 0) is 51.9 Å². The lowest BCUT2D eigenvalue weighted by atomic mass is 10.1. The van der Waals surface area contributed by atoms with E-state index in [9.17, 15) is 4.79 Å². The standard InChI is InChI=1S/C20H24N4O3S/c1-13-22-16-10-15(5-6-18(16)28-13)26-12-19-23-17(11-27-19)20(25)21-8-7-14-4-3-9-24(14)2/h5-6,10-11,14H,3-4,7-9,12H2,1-2H3,(H,21,25)/t14-/m1/s1. The Morgan fingerprint density at radius 1 is 1.43 bits per heavy atom. The van der Waals surface area contributed by atoms with Gasteiger partial charge in [-0.1, -0.05) is 0 Å². The van der Waals surface area contributed by atoms with Crippen molar-refractivity contribution in [1.82, 2.24) is 20.2 Å². The molecule has 1 aliphatic heterocycles. The molecule has 4 rings (SSSR count). The van der Waals surface area contributed by atoms with E-state index >= 15 is 0 Å². The fraction of sp³-hybridized carbons (Fsp3) is 0.450. The van der Waals surface area contributed by atoms with Gasteiger partial charge in [0, 0.05) is 18.7 Å². The number of carbonyl (C=O) groups excluding carboxylic acids is 1. The topological polar surface area (TPSA) is 80.5 Å². The van der Waals surface area contributed by atoms with Crippen LogP contribution in [0.1, 0.15) is 40.6 Å². The van der Waals surface area contributed by atoms with E-state index in [1.165, 1.54) is 19.1 Å². The number of benzene rings is 1. The van der Waals surface area contributed by atoms with Gasteiger partial charge in [0.15, 0.2) is 12.3 Å². The summed E-state index contributed by atoms with van der Waals surface area (Å²) >= 11 is 1.65. The summed E-state index contributed by atoms with van der Waals surface area (Å²) < 4.78 is 12.2. The highest BCUT2D eigenvalue weighted by atomic mass is 32.1. The van der Waals surface area contributed by atoms with E-state index < -0.39 is 0 Å². The van der Waals surface area contributed by atoms with Crippen molar-refractivity contribution in [3.63, 3.8) is 0 Å². The van der Waals surface area contributed by atoms with Crippen molar-refractivity contribution in [1.29, 1.82) is 0 Å². The number of hydrogen-bond acceptors (Lipinski definition) is 7. The molecule has 8 heteroatoms. The van der Waals surface area contributed by atoms with Gasteiger partial charge in [-0.25, -0.2) is 9.97 Å². The Morgan fingerprint density at radius 2 is 2.32 bits per heavy atom. The molecule has 1 amide bonds. The van der Waals surface area contributed by atoms with Crippen LogP contribution in [0.3, 0.4) is 0 Å². The molecule has 0 unspecified atom stereocenters. The Bertz CT molecular complexity index is 967. The molecule has 1 aliphatic rings. The van der Waals surface area contributed by atoms with Gasteiger partial charge in [-0.3, -0.25) is 4.79 Å². The number of likely N-dealkylation sites (tertiary alicyclic amines) is 1. The van der Waals surface area contributed by atoms with E-state index in [0.717, 1.165) is 28.2 Å². The van der Waals surface area contributed by atoms with Crippen LogP contribution in [-0.4, -0.2) is 47.0 Å². The van der Waals surface area contributed by atoms with E-state index in [2.05, 4.69) is 27.2 Å². The van der Waals surface area contributed by atoms with Crippen LogP contribution >= 0.6 is 11.3 Å². The maximum absolute atomic E-state index is 12.2. The molecule has 0 spiro atoms. The second-order valence-electron chi connectivity index (χ2n) is 7.10. The van der Waals surface area contributed by atoms with Crippen LogP contribution in [0.15, 0.2) is 28.9 Å². The molecular formula is C20H24N4O3S. The first-order valence-electron chi connectivity index (χ1n) is 9.51. The summed E-state index contributed by atoms with van der Waals surface area (Å²) in [6.45, 7) is 3.92. The maximum Gasteiger partial charge on any atom is 0.273 e. The zero-order chi connectivity index (χ0) is 19.5. The molecule has 3 aromatic rings. The van der Waals surface area contributed by atoms with Gasteiger partial charge in [0.05, 0.1) is 15.2 Å². The lowest BCUT2D eigenvalue weighted by molar-refractivity contribution is 0.0945. The summed E-state index contributed by atoms with van der Waals surface area (Å²) in [7, 11) is 2.14. The molecule has 2 aromatic heterocycles. The van der Waals surface area contributed by atoms with Gasteiger partial charge in [-0.2, -0.15) is 0 Å². The highest BCUT2D eigenvalue weighted by Gasteiger charge is 2.21. The SMILES string of the molecule is Cc1nc2cc(OCc3nc(C(=O)NCC[C@H]4CCCN4C)co3)ccc2s1. The molecule has 1 atom stereocenters. The van der Waals surface area contributed by atoms with Crippen LogP contribution in [0, 0.1) is 6.92 Å². The molecule has 1 N–H and O–H groups in total. The number of nitrogens with one attached hydrogen (secondary N) is 1. The molecule has 0 bridgehead atoms. The number of nitrogens with zero attached hydrogens (tertiary/aromatic N) is 3. The number of hydrogen-bond donors (Lipinski definition) is 1. The quantitative estimate of drug-likeness (QED) is 0.655. The summed E-state index contributed by atoms with van der Waals surface area (Å²) in [5.74, 6) is 0.855. The molecule has 1 aromatic carbocycles. The van der Waals surface area contributed by atoms with Crippen molar-refractivity contribution >= 4 is 27.5 Å². The van der Waals surface area contributed by atoms with Crippen molar-refractivity contribution in [2.24, 2.45) is 0 Å². The Labute approximate surface area is 167 Å². The largest absolute Gasteiger partial charge is 0.484 e. The number of fused-ring (bicyclic) bond motifs is 1.